The molecule has 0 radical (unpaired) electrons. The predicted molar refractivity (Wildman–Crippen MR) is 73.0 cm³/mol. The van der Waals surface area contributed by atoms with Crippen LogP contribution in [0.15, 0.2) is 36.4 Å². The van der Waals surface area contributed by atoms with Crippen molar-refractivity contribution in [3.63, 3.8) is 0 Å². The Balaban J connectivity index is 2.09. The number of hydrogen-bond acceptors (Lipinski definition) is 3. The van der Waals surface area contributed by atoms with E-state index in [0.717, 1.165) is 11.3 Å². The first-order valence-electron chi connectivity index (χ1n) is 5.88. The minimum absolute atomic E-state index is 0.0880. The van der Waals surface area contributed by atoms with Crippen LogP contribution in [0.1, 0.15) is 16.7 Å². The molecule has 3 N–H and O–H groups in total. The number of aromatic hydroxyl groups is 2. The molecule has 0 bridgehead atoms. The molecular weight excluding hydrogens is 226 g/mol. The second-order valence-corrected chi connectivity index (χ2v) is 4.49. The van der Waals surface area contributed by atoms with Crippen LogP contribution in [-0.2, 0) is 6.54 Å². The van der Waals surface area contributed by atoms with Gasteiger partial charge in [-0.1, -0.05) is 23.8 Å². The molecule has 0 aliphatic rings. The van der Waals surface area contributed by atoms with E-state index < -0.39 is 0 Å². The Morgan fingerprint density at radius 1 is 0.944 bits per heavy atom. The van der Waals surface area contributed by atoms with Crippen molar-refractivity contribution in [2.45, 2.75) is 20.4 Å². The van der Waals surface area contributed by atoms with Crippen LogP contribution in [0.4, 0.5) is 5.69 Å². The minimum Gasteiger partial charge on any atom is -0.504 e. The summed E-state index contributed by atoms with van der Waals surface area (Å²) in [6, 6.07) is 11.1. The number of phenols is 2. The van der Waals surface area contributed by atoms with E-state index in [-0.39, 0.29) is 11.5 Å². The van der Waals surface area contributed by atoms with Gasteiger partial charge in [0.15, 0.2) is 11.5 Å². The van der Waals surface area contributed by atoms with Gasteiger partial charge in [-0.15, -0.1) is 0 Å². The largest absolute Gasteiger partial charge is 0.504 e. The molecule has 0 atom stereocenters. The van der Waals surface area contributed by atoms with E-state index in [0.29, 0.717) is 6.54 Å². The van der Waals surface area contributed by atoms with Gasteiger partial charge in [-0.25, -0.2) is 0 Å². The van der Waals surface area contributed by atoms with Gasteiger partial charge >= 0.3 is 0 Å². The van der Waals surface area contributed by atoms with Crippen LogP contribution in [0.25, 0.3) is 0 Å². The minimum atomic E-state index is -0.0923. The molecule has 0 saturated heterocycles. The third-order valence-corrected chi connectivity index (χ3v) is 2.90. The summed E-state index contributed by atoms with van der Waals surface area (Å²) in [5, 5.41) is 22.0. The number of rotatable bonds is 3. The van der Waals surface area contributed by atoms with E-state index in [4.69, 9.17) is 0 Å². The Hall–Kier alpha value is -2.16. The predicted octanol–water partition coefficient (Wildman–Crippen LogP) is 3.33. The topological polar surface area (TPSA) is 52.5 Å². The van der Waals surface area contributed by atoms with Gasteiger partial charge in [0.25, 0.3) is 0 Å². The second kappa shape index (κ2) is 5.00. The fraction of sp³-hybridized carbons (Fsp3) is 0.200. The van der Waals surface area contributed by atoms with E-state index in [1.807, 2.05) is 6.07 Å². The van der Waals surface area contributed by atoms with Gasteiger partial charge in [-0.3, -0.25) is 0 Å². The summed E-state index contributed by atoms with van der Waals surface area (Å²) in [5.74, 6) is -0.180. The highest BCUT2D eigenvalue weighted by atomic mass is 16.3. The van der Waals surface area contributed by atoms with E-state index in [1.54, 1.807) is 12.1 Å². The van der Waals surface area contributed by atoms with Crippen molar-refractivity contribution in [2.24, 2.45) is 0 Å². The molecule has 0 aliphatic carbocycles. The van der Waals surface area contributed by atoms with E-state index in [1.165, 1.54) is 17.2 Å². The molecule has 94 valence electrons. The molecule has 0 amide bonds. The smallest absolute Gasteiger partial charge is 0.157 e. The lowest BCUT2D eigenvalue weighted by Crippen LogP contribution is -2.01. The summed E-state index contributed by atoms with van der Waals surface area (Å²) in [6.07, 6.45) is 0. The first kappa shape index (κ1) is 12.3. The third-order valence-electron chi connectivity index (χ3n) is 2.90. The highest BCUT2D eigenvalue weighted by molar-refractivity contribution is 5.52. The van der Waals surface area contributed by atoms with Crippen LogP contribution in [0, 0.1) is 13.8 Å². The molecule has 3 nitrogen and oxygen atoms in total. The fourth-order valence-electron chi connectivity index (χ4n) is 1.89. The summed E-state index contributed by atoms with van der Waals surface area (Å²) in [6.45, 7) is 4.73. The number of aryl methyl sites for hydroxylation is 2. The number of nitrogens with one attached hydrogen (secondary N) is 1. The molecule has 0 aliphatic heterocycles. The van der Waals surface area contributed by atoms with Crippen LogP contribution >= 0.6 is 0 Å². The Morgan fingerprint density at radius 2 is 1.72 bits per heavy atom. The average Bonchev–Trinajstić information content (AvgIpc) is 2.32. The zero-order valence-corrected chi connectivity index (χ0v) is 10.6. The molecule has 18 heavy (non-hydrogen) atoms. The van der Waals surface area contributed by atoms with E-state index >= 15 is 0 Å². The Bertz CT molecular complexity index is 564. The summed E-state index contributed by atoms with van der Waals surface area (Å²) < 4.78 is 0. The first-order chi connectivity index (χ1) is 8.56. The highest BCUT2D eigenvalue weighted by Gasteiger charge is 2.02. The SMILES string of the molecule is Cc1ccc(NCc2ccc(O)c(O)c2)c(C)c1. The molecule has 0 fully saturated rings. The quantitative estimate of drug-likeness (QED) is 0.725. The molecule has 0 unspecified atom stereocenters. The zero-order chi connectivity index (χ0) is 13.1. The lowest BCUT2D eigenvalue weighted by molar-refractivity contribution is 0.403. The van der Waals surface area contributed by atoms with E-state index in [9.17, 15) is 10.2 Å². The Labute approximate surface area is 107 Å². The number of benzene rings is 2. The van der Waals surface area contributed by atoms with Crippen LogP contribution in [0.2, 0.25) is 0 Å². The van der Waals surface area contributed by atoms with Gasteiger partial charge in [0, 0.05) is 12.2 Å². The molecule has 0 spiro atoms. The van der Waals surface area contributed by atoms with Gasteiger partial charge in [0.2, 0.25) is 0 Å². The maximum Gasteiger partial charge on any atom is 0.157 e. The number of phenolic OH excluding ortho intramolecular Hbond substituents is 2. The first-order valence-corrected chi connectivity index (χ1v) is 5.88. The number of anilines is 1. The van der Waals surface area contributed by atoms with Gasteiger partial charge in [-0.2, -0.15) is 0 Å². The van der Waals surface area contributed by atoms with Crippen molar-refractivity contribution in [2.75, 3.05) is 5.32 Å². The van der Waals surface area contributed by atoms with Crippen LogP contribution in [0.5, 0.6) is 11.5 Å². The molecular formula is C15H17NO2. The van der Waals surface area contributed by atoms with Crippen LogP contribution < -0.4 is 5.32 Å². The third kappa shape index (κ3) is 2.74. The summed E-state index contributed by atoms with van der Waals surface area (Å²) in [5.41, 5.74) is 4.43. The number of hydrogen-bond donors (Lipinski definition) is 3. The molecule has 0 heterocycles. The van der Waals surface area contributed by atoms with Crippen molar-refractivity contribution in [3.8, 4) is 11.5 Å². The van der Waals surface area contributed by atoms with Gasteiger partial charge in [0.05, 0.1) is 0 Å². The normalized spacial score (nSPS) is 10.3. The Kier molecular flexibility index (Phi) is 3.42. The van der Waals surface area contributed by atoms with Crippen LogP contribution in [0.3, 0.4) is 0 Å². The van der Waals surface area contributed by atoms with Gasteiger partial charge < -0.3 is 15.5 Å². The summed E-state index contributed by atoms with van der Waals surface area (Å²) >= 11 is 0. The average molecular weight is 243 g/mol. The monoisotopic (exact) mass is 243 g/mol. The molecule has 0 aromatic heterocycles. The van der Waals surface area contributed by atoms with Crippen molar-refractivity contribution >= 4 is 5.69 Å². The van der Waals surface area contributed by atoms with Gasteiger partial charge in [0.1, 0.15) is 0 Å². The molecule has 3 heteroatoms. The zero-order valence-electron chi connectivity index (χ0n) is 10.6. The second-order valence-electron chi connectivity index (χ2n) is 4.49. The molecule has 2 rings (SSSR count). The fourth-order valence-corrected chi connectivity index (χ4v) is 1.89. The summed E-state index contributed by atoms with van der Waals surface area (Å²) in [4.78, 5) is 0. The van der Waals surface area contributed by atoms with Crippen molar-refractivity contribution in [1.82, 2.24) is 0 Å². The lowest BCUT2D eigenvalue weighted by Gasteiger charge is -2.10. The highest BCUT2D eigenvalue weighted by Crippen LogP contribution is 2.25. The maximum absolute atomic E-state index is 9.41. The maximum atomic E-state index is 9.41. The lowest BCUT2D eigenvalue weighted by atomic mass is 10.1. The van der Waals surface area contributed by atoms with Crippen molar-refractivity contribution in [1.29, 1.82) is 0 Å². The van der Waals surface area contributed by atoms with Gasteiger partial charge in [-0.05, 0) is 43.2 Å². The molecule has 2 aromatic rings. The van der Waals surface area contributed by atoms with E-state index in [2.05, 4.69) is 31.3 Å². The summed E-state index contributed by atoms with van der Waals surface area (Å²) in [7, 11) is 0. The Morgan fingerprint density at radius 3 is 2.39 bits per heavy atom. The molecule has 0 saturated carbocycles. The van der Waals surface area contributed by atoms with Crippen LogP contribution in [-0.4, -0.2) is 10.2 Å². The van der Waals surface area contributed by atoms with Crippen molar-refractivity contribution in [3.05, 3.63) is 53.1 Å². The standard InChI is InChI=1S/C15H17NO2/c1-10-3-5-13(11(2)7-10)16-9-12-4-6-14(17)15(18)8-12/h3-8,16-18H,9H2,1-2H3. The van der Waals surface area contributed by atoms with Crippen molar-refractivity contribution < 1.29 is 10.2 Å². The molecule has 2 aromatic carbocycles.